The minimum atomic E-state index is -4.69. The molecule has 24 heavy (non-hydrogen) atoms. The molecule has 0 saturated heterocycles. The Morgan fingerprint density at radius 2 is 1.88 bits per heavy atom. The number of nitrogens with one attached hydrogen (secondary N) is 1. The van der Waals surface area contributed by atoms with Crippen molar-refractivity contribution in [3.05, 3.63) is 41.2 Å². The Kier molecular flexibility index (Phi) is 4.06. The summed E-state index contributed by atoms with van der Waals surface area (Å²) in [7, 11) is 1.42. The van der Waals surface area contributed by atoms with E-state index in [2.05, 4.69) is 30.8 Å². The van der Waals surface area contributed by atoms with Crippen LogP contribution >= 0.6 is 11.6 Å². The standard InChI is InChI=1S/C13H9ClF3N7/c1-18-12-19-6-9(10(20-12)13(15,16)17)11-21-22-23-24(11)8-4-2-7(14)3-5-8/h2-6H,1H3,(H,18,19,20). The highest BCUT2D eigenvalue weighted by molar-refractivity contribution is 6.30. The maximum Gasteiger partial charge on any atom is 0.434 e. The van der Waals surface area contributed by atoms with Crippen LogP contribution in [0, 0.1) is 0 Å². The van der Waals surface area contributed by atoms with Gasteiger partial charge in [0.05, 0.1) is 11.3 Å². The van der Waals surface area contributed by atoms with Gasteiger partial charge < -0.3 is 5.32 Å². The highest BCUT2D eigenvalue weighted by Gasteiger charge is 2.38. The van der Waals surface area contributed by atoms with Gasteiger partial charge in [0.1, 0.15) is 0 Å². The Labute approximate surface area is 138 Å². The van der Waals surface area contributed by atoms with Gasteiger partial charge in [-0.25, -0.2) is 9.97 Å². The number of halogens is 4. The van der Waals surface area contributed by atoms with Gasteiger partial charge in [0.2, 0.25) is 5.95 Å². The van der Waals surface area contributed by atoms with Crippen molar-refractivity contribution in [3.8, 4) is 17.1 Å². The first kappa shape index (κ1) is 16.1. The topological polar surface area (TPSA) is 81.4 Å². The van der Waals surface area contributed by atoms with Crippen molar-refractivity contribution in [2.75, 3.05) is 12.4 Å². The number of hydrogen-bond donors (Lipinski definition) is 1. The van der Waals surface area contributed by atoms with E-state index in [4.69, 9.17) is 11.6 Å². The molecule has 2 aromatic heterocycles. The molecule has 0 radical (unpaired) electrons. The third-order valence-electron chi connectivity index (χ3n) is 3.06. The molecule has 0 amide bonds. The summed E-state index contributed by atoms with van der Waals surface area (Å²) >= 11 is 5.81. The molecule has 0 aliphatic carbocycles. The number of aromatic nitrogens is 6. The first-order valence-electron chi connectivity index (χ1n) is 6.57. The molecule has 0 aliphatic heterocycles. The van der Waals surface area contributed by atoms with E-state index in [1.807, 2.05) is 0 Å². The number of benzene rings is 1. The molecule has 0 atom stereocenters. The van der Waals surface area contributed by atoms with E-state index in [9.17, 15) is 13.2 Å². The van der Waals surface area contributed by atoms with Crippen LogP contribution in [-0.2, 0) is 6.18 Å². The van der Waals surface area contributed by atoms with Gasteiger partial charge in [0.15, 0.2) is 11.5 Å². The Bertz CT molecular complexity index is 861. The quantitative estimate of drug-likeness (QED) is 0.778. The molecule has 0 unspecified atom stereocenters. The summed E-state index contributed by atoms with van der Waals surface area (Å²) in [4.78, 5) is 7.31. The average molecular weight is 356 g/mol. The van der Waals surface area contributed by atoms with E-state index in [0.717, 1.165) is 10.9 Å². The normalized spacial score (nSPS) is 11.5. The Morgan fingerprint density at radius 3 is 2.50 bits per heavy atom. The van der Waals surface area contributed by atoms with Crippen LogP contribution in [0.3, 0.4) is 0 Å². The largest absolute Gasteiger partial charge is 0.434 e. The SMILES string of the molecule is CNc1ncc(-c2nnnn2-c2ccc(Cl)cc2)c(C(F)(F)F)n1. The van der Waals surface area contributed by atoms with E-state index in [-0.39, 0.29) is 17.3 Å². The summed E-state index contributed by atoms with van der Waals surface area (Å²) in [6.07, 6.45) is -3.67. The third kappa shape index (κ3) is 3.00. The van der Waals surface area contributed by atoms with Crippen molar-refractivity contribution in [3.63, 3.8) is 0 Å². The zero-order valence-corrected chi connectivity index (χ0v) is 12.8. The lowest BCUT2D eigenvalue weighted by molar-refractivity contribution is -0.140. The first-order chi connectivity index (χ1) is 11.4. The lowest BCUT2D eigenvalue weighted by atomic mass is 10.2. The minimum absolute atomic E-state index is 0.132. The fraction of sp³-hybridized carbons (Fsp3) is 0.154. The number of rotatable bonds is 3. The van der Waals surface area contributed by atoms with E-state index >= 15 is 0 Å². The molecule has 2 heterocycles. The predicted molar refractivity (Wildman–Crippen MR) is 79.7 cm³/mol. The first-order valence-corrected chi connectivity index (χ1v) is 6.94. The van der Waals surface area contributed by atoms with Crippen molar-refractivity contribution in [1.29, 1.82) is 0 Å². The molecule has 3 aromatic rings. The van der Waals surface area contributed by atoms with Crippen molar-refractivity contribution in [2.45, 2.75) is 6.18 Å². The van der Waals surface area contributed by atoms with Gasteiger partial charge in [-0.1, -0.05) is 11.6 Å². The highest BCUT2D eigenvalue weighted by atomic mass is 35.5. The Hall–Kier alpha value is -2.75. The predicted octanol–water partition coefficient (Wildman–Crippen LogP) is 2.83. The zero-order valence-electron chi connectivity index (χ0n) is 12.1. The molecule has 124 valence electrons. The second-order valence-electron chi connectivity index (χ2n) is 4.59. The summed E-state index contributed by atoms with van der Waals surface area (Å²) in [5.41, 5.74) is -1.02. The van der Waals surface area contributed by atoms with Crippen molar-refractivity contribution in [2.24, 2.45) is 0 Å². The number of tetrazole rings is 1. The molecule has 11 heteroatoms. The molecule has 0 bridgehead atoms. The summed E-state index contributed by atoms with van der Waals surface area (Å²) in [6.45, 7) is 0. The Morgan fingerprint density at radius 1 is 1.17 bits per heavy atom. The van der Waals surface area contributed by atoms with E-state index in [0.29, 0.717) is 10.7 Å². The lowest BCUT2D eigenvalue weighted by Crippen LogP contribution is -2.14. The monoisotopic (exact) mass is 355 g/mol. The van der Waals surface area contributed by atoms with Crippen LogP contribution in [0.5, 0.6) is 0 Å². The van der Waals surface area contributed by atoms with Crippen LogP contribution in [0.2, 0.25) is 5.02 Å². The number of alkyl halides is 3. The number of nitrogens with zero attached hydrogens (tertiary/aromatic N) is 6. The van der Waals surface area contributed by atoms with Gasteiger partial charge in [0, 0.05) is 18.3 Å². The summed E-state index contributed by atoms with van der Waals surface area (Å²) in [5, 5.41) is 13.8. The number of anilines is 1. The zero-order chi connectivity index (χ0) is 17.3. The number of hydrogen-bond acceptors (Lipinski definition) is 6. The van der Waals surface area contributed by atoms with Gasteiger partial charge in [-0.15, -0.1) is 5.10 Å². The van der Waals surface area contributed by atoms with Crippen LogP contribution in [0.25, 0.3) is 17.1 Å². The van der Waals surface area contributed by atoms with Crippen molar-refractivity contribution >= 4 is 17.5 Å². The fourth-order valence-electron chi connectivity index (χ4n) is 1.99. The summed E-state index contributed by atoms with van der Waals surface area (Å²) in [5.74, 6) is -0.288. The third-order valence-corrected chi connectivity index (χ3v) is 3.31. The van der Waals surface area contributed by atoms with Crippen LogP contribution in [0.15, 0.2) is 30.5 Å². The summed E-state index contributed by atoms with van der Waals surface area (Å²) < 4.78 is 41.1. The van der Waals surface area contributed by atoms with Gasteiger partial charge in [-0.2, -0.15) is 17.9 Å². The van der Waals surface area contributed by atoms with Gasteiger partial charge in [0.25, 0.3) is 0 Å². The van der Waals surface area contributed by atoms with Gasteiger partial charge in [-0.3, -0.25) is 0 Å². The van der Waals surface area contributed by atoms with Crippen molar-refractivity contribution in [1.82, 2.24) is 30.2 Å². The van der Waals surface area contributed by atoms with Crippen molar-refractivity contribution < 1.29 is 13.2 Å². The molecule has 1 N–H and O–H groups in total. The summed E-state index contributed by atoms with van der Waals surface area (Å²) in [6, 6.07) is 6.32. The maximum absolute atomic E-state index is 13.3. The molecule has 7 nitrogen and oxygen atoms in total. The molecule has 3 rings (SSSR count). The molecule has 0 aliphatic rings. The second kappa shape index (κ2) is 6.04. The van der Waals surface area contributed by atoms with Gasteiger partial charge in [-0.05, 0) is 34.7 Å². The fourth-order valence-corrected chi connectivity index (χ4v) is 2.12. The minimum Gasteiger partial charge on any atom is -0.357 e. The molecular formula is C13H9ClF3N7. The maximum atomic E-state index is 13.3. The van der Waals surface area contributed by atoms with E-state index in [1.54, 1.807) is 24.3 Å². The van der Waals surface area contributed by atoms with E-state index < -0.39 is 11.9 Å². The average Bonchev–Trinajstić information content (AvgIpc) is 3.03. The Balaban J connectivity index is 2.17. The molecule has 0 saturated carbocycles. The smallest absolute Gasteiger partial charge is 0.357 e. The van der Waals surface area contributed by atoms with Crippen LogP contribution < -0.4 is 5.32 Å². The molecular weight excluding hydrogens is 347 g/mol. The lowest BCUT2D eigenvalue weighted by Gasteiger charge is -2.12. The van der Waals surface area contributed by atoms with Gasteiger partial charge >= 0.3 is 6.18 Å². The molecule has 1 aromatic carbocycles. The second-order valence-corrected chi connectivity index (χ2v) is 5.03. The highest BCUT2D eigenvalue weighted by Crippen LogP contribution is 2.35. The van der Waals surface area contributed by atoms with Crippen LogP contribution in [0.1, 0.15) is 5.69 Å². The van der Waals surface area contributed by atoms with E-state index in [1.165, 1.54) is 7.05 Å². The molecule has 0 fully saturated rings. The van der Waals surface area contributed by atoms with Crippen LogP contribution in [-0.4, -0.2) is 37.2 Å². The molecule has 0 spiro atoms. The van der Waals surface area contributed by atoms with Crippen LogP contribution in [0.4, 0.5) is 19.1 Å².